The molecule has 4 nitrogen and oxygen atoms in total. The number of amides is 2. The number of thioether (sulfide) groups is 1. The Kier molecular flexibility index (Phi) is 6.97. The minimum atomic E-state index is -0.326. The number of benzene rings is 2. The van der Waals surface area contributed by atoms with Crippen LogP contribution in [0.15, 0.2) is 47.4 Å². The van der Waals surface area contributed by atoms with E-state index in [0.717, 1.165) is 11.1 Å². The van der Waals surface area contributed by atoms with Gasteiger partial charge in [0, 0.05) is 9.92 Å². The number of nitrogens with one attached hydrogen (secondary N) is 2. The van der Waals surface area contributed by atoms with Crippen LogP contribution >= 0.6 is 35.0 Å². The van der Waals surface area contributed by atoms with Crippen LogP contribution in [0.5, 0.6) is 0 Å². The maximum absolute atomic E-state index is 11.8. The lowest BCUT2D eigenvalue weighted by atomic mass is 10.1. The fourth-order valence-electron chi connectivity index (χ4n) is 1.84. The zero-order chi connectivity index (χ0) is 17.5. The molecule has 2 rings (SSSR count). The second-order valence-corrected chi connectivity index (χ2v) is 6.98. The SMILES string of the molecule is Cc1ccc(CC(=O)NNC(=O)CSc2cc(Cl)ccc2Cl)cc1. The molecule has 0 saturated heterocycles. The third-order valence-electron chi connectivity index (χ3n) is 3.08. The summed E-state index contributed by atoms with van der Waals surface area (Å²) in [7, 11) is 0. The van der Waals surface area contributed by atoms with E-state index in [1.54, 1.807) is 18.2 Å². The van der Waals surface area contributed by atoms with Gasteiger partial charge in [-0.2, -0.15) is 0 Å². The van der Waals surface area contributed by atoms with Crippen molar-refractivity contribution in [1.29, 1.82) is 0 Å². The predicted octanol–water partition coefficient (Wildman–Crippen LogP) is 3.78. The third kappa shape index (κ3) is 6.07. The van der Waals surface area contributed by atoms with Crippen LogP contribution < -0.4 is 10.9 Å². The molecule has 2 amide bonds. The largest absolute Gasteiger partial charge is 0.273 e. The lowest BCUT2D eigenvalue weighted by molar-refractivity contribution is -0.127. The smallest absolute Gasteiger partial charge is 0.248 e. The van der Waals surface area contributed by atoms with Crippen LogP contribution in [0.3, 0.4) is 0 Å². The van der Waals surface area contributed by atoms with Crippen molar-refractivity contribution in [1.82, 2.24) is 10.9 Å². The fraction of sp³-hybridized carbons (Fsp3) is 0.176. The number of rotatable bonds is 5. The van der Waals surface area contributed by atoms with Crippen molar-refractivity contribution in [2.45, 2.75) is 18.2 Å². The van der Waals surface area contributed by atoms with Crippen molar-refractivity contribution in [2.24, 2.45) is 0 Å². The normalized spacial score (nSPS) is 10.3. The van der Waals surface area contributed by atoms with E-state index in [9.17, 15) is 9.59 Å². The summed E-state index contributed by atoms with van der Waals surface area (Å²) in [6.45, 7) is 1.98. The van der Waals surface area contributed by atoms with Gasteiger partial charge in [-0.15, -0.1) is 11.8 Å². The van der Waals surface area contributed by atoms with Crippen LogP contribution in [-0.2, 0) is 16.0 Å². The lowest BCUT2D eigenvalue weighted by Crippen LogP contribution is -2.43. The molecule has 0 bridgehead atoms. The fourth-order valence-corrected chi connectivity index (χ4v) is 3.14. The molecule has 2 aromatic carbocycles. The van der Waals surface area contributed by atoms with Crippen molar-refractivity contribution in [2.75, 3.05) is 5.75 Å². The highest BCUT2D eigenvalue weighted by Gasteiger charge is 2.08. The number of hydrogen-bond acceptors (Lipinski definition) is 3. The first-order valence-electron chi connectivity index (χ1n) is 7.15. The number of carbonyl (C=O) groups is 2. The van der Waals surface area contributed by atoms with E-state index >= 15 is 0 Å². The zero-order valence-corrected chi connectivity index (χ0v) is 15.3. The lowest BCUT2D eigenvalue weighted by Gasteiger charge is -2.08. The highest BCUT2D eigenvalue weighted by molar-refractivity contribution is 8.00. The second-order valence-electron chi connectivity index (χ2n) is 5.12. The van der Waals surface area contributed by atoms with Crippen LogP contribution in [0.4, 0.5) is 0 Å². The van der Waals surface area contributed by atoms with Crippen molar-refractivity contribution in [3.63, 3.8) is 0 Å². The standard InChI is InChI=1S/C17H16Cl2N2O2S/c1-11-2-4-12(5-3-11)8-16(22)20-21-17(23)10-24-15-9-13(18)6-7-14(15)19/h2-7,9H,8,10H2,1H3,(H,20,22)(H,21,23). The second kappa shape index (κ2) is 8.97. The zero-order valence-electron chi connectivity index (χ0n) is 12.9. The van der Waals surface area contributed by atoms with Gasteiger partial charge in [0.05, 0.1) is 17.2 Å². The van der Waals surface area contributed by atoms with E-state index in [1.165, 1.54) is 11.8 Å². The molecular weight excluding hydrogens is 367 g/mol. The molecule has 0 saturated carbocycles. The molecule has 0 fully saturated rings. The molecule has 0 radical (unpaired) electrons. The minimum absolute atomic E-state index is 0.116. The summed E-state index contributed by atoms with van der Waals surface area (Å²) >= 11 is 13.2. The van der Waals surface area contributed by atoms with Gasteiger partial charge in [0.2, 0.25) is 11.8 Å². The summed E-state index contributed by atoms with van der Waals surface area (Å²) in [4.78, 5) is 24.3. The molecule has 2 aromatic rings. The van der Waals surface area contributed by atoms with Gasteiger partial charge < -0.3 is 0 Å². The third-order valence-corrected chi connectivity index (χ3v) is 4.81. The molecule has 0 aromatic heterocycles. The van der Waals surface area contributed by atoms with E-state index < -0.39 is 0 Å². The first-order valence-corrected chi connectivity index (χ1v) is 8.89. The topological polar surface area (TPSA) is 58.2 Å². The highest BCUT2D eigenvalue weighted by atomic mass is 35.5. The van der Waals surface area contributed by atoms with Gasteiger partial charge >= 0.3 is 0 Å². The van der Waals surface area contributed by atoms with E-state index in [1.807, 2.05) is 31.2 Å². The maximum Gasteiger partial charge on any atom is 0.248 e. The molecule has 0 unspecified atom stereocenters. The van der Waals surface area contributed by atoms with Gasteiger partial charge in [-0.25, -0.2) is 0 Å². The number of carbonyl (C=O) groups excluding carboxylic acids is 2. The molecule has 7 heteroatoms. The van der Waals surface area contributed by atoms with Crippen LogP contribution in [0.2, 0.25) is 10.0 Å². The average molecular weight is 383 g/mol. The Morgan fingerprint density at radius 2 is 1.67 bits per heavy atom. The summed E-state index contributed by atoms with van der Waals surface area (Å²) in [6, 6.07) is 12.7. The summed E-state index contributed by atoms with van der Waals surface area (Å²) in [5, 5.41) is 1.08. The Bertz CT molecular complexity index is 736. The Morgan fingerprint density at radius 3 is 2.38 bits per heavy atom. The number of hydrogen-bond donors (Lipinski definition) is 2. The van der Waals surface area contributed by atoms with Gasteiger partial charge in [-0.1, -0.05) is 53.0 Å². The van der Waals surface area contributed by atoms with Gasteiger partial charge in [-0.3, -0.25) is 20.4 Å². The number of hydrazine groups is 1. The molecule has 0 heterocycles. The quantitative estimate of drug-likeness (QED) is 0.610. The Morgan fingerprint density at radius 1 is 1.00 bits per heavy atom. The first kappa shape index (κ1) is 18.6. The Labute approximate surface area is 154 Å². The molecule has 24 heavy (non-hydrogen) atoms. The van der Waals surface area contributed by atoms with E-state index in [-0.39, 0.29) is 24.0 Å². The molecule has 0 spiro atoms. The molecule has 0 aliphatic heterocycles. The van der Waals surface area contributed by atoms with Crippen LogP contribution in [0, 0.1) is 6.92 Å². The average Bonchev–Trinajstić information content (AvgIpc) is 2.56. The van der Waals surface area contributed by atoms with E-state index in [4.69, 9.17) is 23.2 Å². The van der Waals surface area contributed by atoms with Crippen LogP contribution in [0.1, 0.15) is 11.1 Å². The minimum Gasteiger partial charge on any atom is -0.273 e. The molecule has 0 aliphatic carbocycles. The maximum atomic E-state index is 11.8. The molecule has 2 N–H and O–H groups in total. The predicted molar refractivity (Wildman–Crippen MR) is 98.4 cm³/mol. The Balaban J connectivity index is 1.75. The van der Waals surface area contributed by atoms with E-state index in [2.05, 4.69) is 10.9 Å². The van der Waals surface area contributed by atoms with E-state index in [0.29, 0.717) is 14.9 Å². The van der Waals surface area contributed by atoms with Crippen molar-refractivity contribution >= 4 is 46.8 Å². The Hall–Kier alpha value is -1.69. The van der Waals surface area contributed by atoms with Gasteiger partial charge in [0.15, 0.2) is 0 Å². The summed E-state index contributed by atoms with van der Waals surface area (Å²) in [5.41, 5.74) is 6.79. The van der Waals surface area contributed by atoms with Crippen molar-refractivity contribution in [3.8, 4) is 0 Å². The monoisotopic (exact) mass is 382 g/mol. The molecule has 0 atom stereocenters. The summed E-state index contributed by atoms with van der Waals surface area (Å²) in [5.74, 6) is -0.489. The molecular formula is C17H16Cl2N2O2S. The number of halogens is 2. The van der Waals surface area contributed by atoms with Crippen molar-refractivity contribution < 1.29 is 9.59 Å². The van der Waals surface area contributed by atoms with Gasteiger partial charge in [-0.05, 0) is 30.7 Å². The molecule has 126 valence electrons. The molecule has 0 aliphatic rings. The van der Waals surface area contributed by atoms with Gasteiger partial charge in [0.1, 0.15) is 0 Å². The summed E-state index contributed by atoms with van der Waals surface area (Å²) < 4.78 is 0. The van der Waals surface area contributed by atoms with Crippen LogP contribution in [-0.4, -0.2) is 17.6 Å². The number of aryl methyl sites for hydroxylation is 1. The van der Waals surface area contributed by atoms with Crippen LogP contribution in [0.25, 0.3) is 0 Å². The highest BCUT2D eigenvalue weighted by Crippen LogP contribution is 2.29. The first-order chi connectivity index (χ1) is 11.4. The van der Waals surface area contributed by atoms with Crippen molar-refractivity contribution in [3.05, 3.63) is 63.6 Å². The summed E-state index contributed by atoms with van der Waals surface area (Å²) in [6.07, 6.45) is 0.202. The van der Waals surface area contributed by atoms with Gasteiger partial charge in [0.25, 0.3) is 0 Å².